The van der Waals surface area contributed by atoms with Crippen molar-refractivity contribution in [2.24, 2.45) is 5.41 Å². The molecule has 2 N–H and O–H groups in total. The molecule has 0 spiro atoms. The minimum Gasteiger partial charge on any atom is -0.508 e. The molecular weight excluding hydrogens is 263 g/mol. The van der Waals surface area contributed by atoms with Gasteiger partial charge in [0.2, 0.25) is 0 Å². The standard InChI is InChI=1S/C14H23O4P/c1-10(2)18-19(16,17)13(14(3,4)5)11-6-8-12(15)9-7-11/h6-10,13,15H,1-5H3,(H,16,17). The lowest BCUT2D eigenvalue weighted by molar-refractivity contribution is 0.183. The second kappa shape index (κ2) is 5.66. The Hall–Kier alpha value is -0.830. The Balaban J connectivity index is 3.23. The Kier molecular flexibility index (Phi) is 4.83. The van der Waals surface area contributed by atoms with Gasteiger partial charge in [0.1, 0.15) is 5.75 Å². The van der Waals surface area contributed by atoms with E-state index < -0.39 is 18.7 Å². The minimum atomic E-state index is -3.80. The summed E-state index contributed by atoms with van der Waals surface area (Å²) in [6.07, 6.45) is -0.321. The second-order valence-electron chi connectivity index (χ2n) is 6.08. The summed E-state index contributed by atoms with van der Waals surface area (Å²) < 4.78 is 17.8. The van der Waals surface area contributed by atoms with Crippen LogP contribution in [0.1, 0.15) is 45.8 Å². The molecular formula is C14H23O4P. The van der Waals surface area contributed by atoms with Crippen LogP contribution in [0.2, 0.25) is 0 Å². The van der Waals surface area contributed by atoms with Crippen molar-refractivity contribution in [3.05, 3.63) is 29.8 Å². The van der Waals surface area contributed by atoms with Gasteiger partial charge < -0.3 is 14.5 Å². The molecule has 4 nitrogen and oxygen atoms in total. The van der Waals surface area contributed by atoms with Gasteiger partial charge in [0.15, 0.2) is 0 Å². The number of aromatic hydroxyl groups is 1. The van der Waals surface area contributed by atoms with Crippen LogP contribution in [0, 0.1) is 5.41 Å². The third-order valence-electron chi connectivity index (χ3n) is 2.72. The van der Waals surface area contributed by atoms with Gasteiger partial charge in [0.25, 0.3) is 0 Å². The Morgan fingerprint density at radius 1 is 1.16 bits per heavy atom. The average molecular weight is 286 g/mol. The van der Waals surface area contributed by atoms with Gasteiger partial charge in [-0.05, 0) is 37.0 Å². The van der Waals surface area contributed by atoms with Gasteiger partial charge in [0.05, 0.1) is 11.8 Å². The zero-order valence-corrected chi connectivity index (χ0v) is 13.0. The normalized spacial score (nSPS) is 17.2. The highest BCUT2D eigenvalue weighted by Crippen LogP contribution is 2.64. The van der Waals surface area contributed by atoms with Crippen LogP contribution >= 0.6 is 7.60 Å². The fraction of sp³-hybridized carbons (Fsp3) is 0.571. The molecule has 1 aromatic carbocycles. The van der Waals surface area contributed by atoms with E-state index in [0.717, 1.165) is 0 Å². The van der Waals surface area contributed by atoms with Crippen molar-refractivity contribution < 1.29 is 19.1 Å². The molecule has 19 heavy (non-hydrogen) atoms. The molecule has 0 amide bonds. The van der Waals surface area contributed by atoms with Crippen LogP contribution in [-0.4, -0.2) is 16.1 Å². The van der Waals surface area contributed by atoms with E-state index in [4.69, 9.17) is 4.52 Å². The monoisotopic (exact) mass is 286 g/mol. The fourth-order valence-electron chi connectivity index (χ4n) is 2.20. The van der Waals surface area contributed by atoms with Gasteiger partial charge in [0, 0.05) is 0 Å². The molecule has 0 radical (unpaired) electrons. The zero-order chi connectivity index (χ0) is 14.8. The van der Waals surface area contributed by atoms with Crippen molar-refractivity contribution in [3.8, 4) is 5.75 Å². The fourth-order valence-corrected chi connectivity index (χ4v) is 4.45. The van der Waals surface area contributed by atoms with E-state index in [2.05, 4.69) is 0 Å². The Morgan fingerprint density at radius 2 is 1.63 bits per heavy atom. The van der Waals surface area contributed by atoms with Crippen molar-refractivity contribution in [1.29, 1.82) is 0 Å². The molecule has 108 valence electrons. The summed E-state index contributed by atoms with van der Waals surface area (Å²) in [5.41, 5.74) is -0.379. The maximum atomic E-state index is 12.5. The first-order valence-corrected chi connectivity index (χ1v) is 7.98. The average Bonchev–Trinajstić information content (AvgIpc) is 2.16. The van der Waals surface area contributed by atoms with E-state index in [-0.39, 0.29) is 11.9 Å². The van der Waals surface area contributed by atoms with E-state index in [1.807, 2.05) is 20.8 Å². The summed E-state index contributed by atoms with van der Waals surface area (Å²) in [7, 11) is -3.80. The summed E-state index contributed by atoms with van der Waals surface area (Å²) in [5.74, 6) is 0.133. The summed E-state index contributed by atoms with van der Waals surface area (Å²) >= 11 is 0. The van der Waals surface area contributed by atoms with Crippen LogP contribution in [0.4, 0.5) is 0 Å². The Morgan fingerprint density at radius 3 is 2.00 bits per heavy atom. The van der Waals surface area contributed by atoms with Crippen molar-refractivity contribution in [1.82, 2.24) is 0 Å². The first-order valence-electron chi connectivity index (χ1n) is 6.34. The largest absolute Gasteiger partial charge is 0.508 e. The van der Waals surface area contributed by atoms with Gasteiger partial charge in [-0.25, -0.2) is 0 Å². The van der Waals surface area contributed by atoms with Gasteiger partial charge in [-0.2, -0.15) is 0 Å². The van der Waals surface area contributed by atoms with Gasteiger partial charge in [-0.15, -0.1) is 0 Å². The molecule has 0 aromatic heterocycles. The van der Waals surface area contributed by atoms with Crippen molar-refractivity contribution in [2.45, 2.75) is 46.4 Å². The lowest BCUT2D eigenvalue weighted by atomic mass is 9.87. The SMILES string of the molecule is CC(C)OP(=O)(O)C(c1ccc(O)cc1)C(C)(C)C. The predicted molar refractivity (Wildman–Crippen MR) is 76.3 cm³/mol. The third kappa shape index (κ3) is 4.34. The highest BCUT2D eigenvalue weighted by Gasteiger charge is 2.42. The molecule has 5 heteroatoms. The van der Waals surface area contributed by atoms with Crippen LogP contribution in [0.3, 0.4) is 0 Å². The highest BCUT2D eigenvalue weighted by molar-refractivity contribution is 7.53. The smallest absolute Gasteiger partial charge is 0.336 e. The predicted octanol–water partition coefficient (Wildman–Crippen LogP) is 4.09. The number of hydrogen-bond acceptors (Lipinski definition) is 3. The summed E-state index contributed by atoms with van der Waals surface area (Å²) in [6.45, 7) is 9.17. The number of phenolic OH excluding ortho intramolecular Hbond substituents is 1. The first-order chi connectivity index (χ1) is 8.54. The van der Waals surface area contributed by atoms with E-state index in [0.29, 0.717) is 5.56 Å². The molecule has 0 saturated heterocycles. The molecule has 0 aliphatic heterocycles. The lowest BCUT2D eigenvalue weighted by Crippen LogP contribution is -2.21. The molecule has 0 heterocycles. The highest BCUT2D eigenvalue weighted by atomic mass is 31.2. The quantitative estimate of drug-likeness (QED) is 0.818. The van der Waals surface area contributed by atoms with E-state index >= 15 is 0 Å². The van der Waals surface area contributed by atoms with Gasteiger partial charge >= 0.3 is 7.60 Å². The van der Waals surface area contributed by atoms with Crippen LogP contribution in [0.15, 0.2) is 24.3 Å². The summed E-state index contributed by atoms with van der Waals surface area (Å²) in [5, 5.41) is 9.33. The van der Waals surface area contributed by atoms with Crippen LogP contribution in [0.5, 0.6) is 5.75 Å². The molecule has 0 saturated carbocycles. The topological polar surface area (TPSA) is 66.8 Å². The molecule has 0 bridgehead atoms. The number of phenols is 1. The van der Waals surface area contributed by atoms with E-state index in [1.165, 1.54) is 12.1 Å². The van der Waals surface area contributed by atoms with Crippen LogP contribution in [-0.2, 0) is 9.09 Å². The maximum absolute atomic E-state index is 12.5. The molecule has 0 fully saturated rings. The summed E-state index contributed by atoms with van der Waals surface area (Å²) in [6, 6.07) is 6.36. The van der Waals surface area contributed by atoms with Crippen LogP contribution in [0.25, 0.3) is 0 Å². The molecule has 0 aliphatic carbocycles. The lowest BCUT2D eigenvalue weighted by Gasteiger charge is -2.34. The molecule has 1 rings (SSSR count). The molecule has 1 aromatic rings. The van der Waals surface area contributed by atoms with E-state index in [1.54, 1.807) is 26.0 Å². The Bertz CT molecular complexity index is 459. The number of rotatable bonds is 4. The first kappa shape index (κ1) is 16.2. The van der Waals surface area contributed by atoms with Crippen molar-refractivity contribution in [2.75, 3.05) is 0 Å². The molecule has 2 unspecified atom stereocenters. The van der Waals surface area contributed by atoms with Crippen molar-refractivity contribution >= 4 is 7.60 Å². The van der Waals surface area contributed by atoms with Crippen molar-refractivity contribution in [3.63, 3.8) is 0 Å². The molecule has 0 aliphatic rings. The molecule has 2 atom stereocenters. The number of benzene rings is 1. The minimum absolute atomic E-state index is 0.133. The third-order valence-corrected chi connectivity index (χ3v) is 5.17. The zero-order valence-electron chi connectivity index (χ0n) is 12.1. The van der Waals surface area contributed by atoms with Gasteiger partial charge in [-0.3, -0.25) is 4.57 Å². The van der Waals surface area contributed by atoms with Crippen LogP contribution < -0.4 is 0 Å². The van der Waals surface area contributed by atoms with E-state index in [9.17, 15) is 14.6 Å². The van der Waals surface area contributed by atoms with Gasteiger partial charge in [-0.1, -0.05) is 32.9 Å². The second-order valence-corrected chi connectivity index (χ2v) is 7.93. The Labute approximate surface area is 115 Å². The summed E-state index contributed by atoms with van der Waals surface area (Å²) in [4.78, 5) is 10.3. The maximum Gasteiger partial charge on any atom is 0.336 e. The number of hydrogen-bond donors (Lipinski definition) is 2.